The van der Waals surface area contributed by atoms with Gasteiger partial charge in [-0.1, -0.05) is 42.8 Å². The second-order valence-corrected chi connectivity index (χ2v) is 9.07. The summed E-state index contributed by atoms with van der Waals surface area (Å²) in [5.74, 6) is 0.618. The summed E-state index contributed by atoms with van der Waals surface area (Å²) in [7, 11) is 0. The smallest absolute Gasteiger partial charge is 0.291 e. The third-order valence-electron chi connectivity index (χ3n) is 5.89. The Bertz CT molecular complexity index is 1220. The minimum absolute atomic E-state index is 0.252. The van der Waals surface area contributed by atoms with E-state index in [1.165, 1.54) is 43.1 Å². The molecule has 33 heavy (non-hydrogen) atoms. The zero-order chi connectivity index (χ0) is 22.5. The predicted octanol–water partition coefficient (Wildman–Crippen LogP) is 6.15. The molecule has 1 amide bonds. The van der Waals surface area contributed by atoms with Gasteiger partial charge in [-0.15, -0.1) is 0 Å². The zero-order valence-corrected chi connectivity index (χ0v) is 19.2. The van der Waals surface area contributed by atoms with Crippen LogP contribution in [0.15, 0.2) is 76.6 Å². The molecule has 0 unspecified atom stereocenters. The number of furan rings is 1. The van der Waals surface area contributed by atoms with Gasteiger partial charge in [0, 0.05) is 53.6 Å². The highest BCUT2D eigenvalue weighted by molar-refractivity contribution is 7.98. The number of nitrogens with zero attached hydrogens (tertiary/aromatic N) is 3. The largest absolute Gasteiger partial charge is 0.451 e. The Morgan fingerprint density at radius 3 is 2.42 bits per heavy atom. The average Bonchev–Trinajstić information content (AvgIpc) is 3.01. The summed E-state index contributed by atoms with van der Waals surface area (Å²) in [4.78, 5) is 24.2. The molecule has 1 aliphatic rings. The number of aromatic nitrogens is 2. The number of anilines is 2. The van der Waals surface area contributed by atoms with Crippen LogP contribution in [-0.4, -0.2) is 29.0 Å². The zero-order valence-electron chi connectivity index (χ0n) is 18.4. The van der Waals surface area contributed by atoms with Crippen LogP contribution >= 0.6 is 11.8 Å². The van der Waals surface area contributed by atoms with Crippen LogP contribution in [-0.2, 0) is 5.75 Å². The summed E-state index contributed by atoms with van der Waals surface area (Å²) in [6.07, 6.45) is 8.51. The summed E-state index contributed by atoms with van der Waals surface area (Å²) >= 11 is 1.48. The molecule has 0 radical (unpaired) electrons. The lowest BCUT2D eigenvalue weighted by molar-refractivity contribution is 0.0998. The van der Waals surface area contributed by atoms with Crippen molar-refractivity contribution < 1.29 is 9.21 Å². The fraction of sp³-hybridized carbons (Fsp3) is 0.269. The van der Waals surface area contributed by atoms with Crippen LogP contribution in [0, 0.1) is 0 Å². The van der Waals surface area contributed by atoms with Gasteiger partial charge < -0.3 is 14.6 Å². The van der Waals surface area contributed by atoms with E-state index >= 15 is 0 Å². The Labute approximate surface area is 197 Å². The van der Waals surface area contributed by atoms with Gasteiger partial charge in [0.2, 0.25) is 0 Å². The first-order valence-corrected chi connectivity index (χ1v) is 12.3. The van der Waals surface area contributed by atoms with Crippen molar-refractivity contribution in [3.63, 3.8) is 0 Å². The topological polar surface area (TPSA) is 71.3 Å². The maximum atomic E-state index is 13.2. The number of fused-ring (bicyclic) bond motifs is 1. The van der Waals surface area contributed by atoms with Gasteiger partial charge in [-0.2, -0.15) is 0 Å². The van der Waals surface area contributed by atoms with E-state index in [0.29, 0.717) is 22.3 Å². The van der Waals surface area contributed by atoms with Gasteiger partial charge in [-0.3, -0.25) is 4.79 Å². The molecule has 1 aliphatic heterocycles. The number of nitrogens with one attached hydrogen (secondary N) is 1. The van der Waals surface area contributed by atoms with E-state index in [-0.39, 0.29) is 5.91 Å². The number of carbonyl (C=O) groups is 1. The Morgan fingerprint density at radius 2 is 1.67 bits per heavy atom. The second-order valence-electron chi connectivity index (χ2n) is 8.13. The lowest BCUT2D eigenvalue weighted by atomic mass is 10.1. The van der Waals surface area contributed by atoms with Crippen LogP contribution < -0.4 is 10.2 Å². The lowest BCUT2D eigenvalue weighted by Crippen LogP contribution is -2.23. The number of hydrogen-bond acceptors (Lipinski definition) is 6. The molecule has 1 saturated heterocycles. The fourth-order valence-corrected chi connectivity index (χ4v) is 5.03. The van der Waals surface area contributed by atoms with E-state index < -0.39 is 0 Å². The van der Waals surface area contributed by atoms with Gasteiger partial charge in [0.15, 0.2) is 10.9 Å². The molecular weight excluding hydrogens is 432 g/mol. The Hall–Kier alpha value is -3.32. The summed E-state index contributed by atoms with van der Waals surface area (Å²) in [5.41, 5.74) is 3.51. The van der Waals surface area contributed by atoms with Crippen molar-refractivity contribution in [2.24, 2.45) is 0 Å². The summed E-state index contributed by atoms with van der Waals surface area (Å²) in [6, 6.07) is 17.6. The molecule has 0 spiro atoms. The maximum Gasteiger partial charge on any atom is 0.291 e. The maximum absolute atomic E-state index is 13.2. The summed E-state index contributed by atoms with van der Waals surface area (Å²) in [6.45, 7) is 2.19. The minimum atomic E-state index is -0.252. The van der Waals surface area contributed by atoms with Gasteiger partial charge in [0.25, 0.3) is 5.91 Å². The number of carbonyl (C=O) groups excluding carboxylic acids is 1. The monoisotopic (exact) mass is 458 g/mol. The van der Waals surface area contributed by atoms with Crippen LogP contribution in [0.3, 0.4) is 0 Å². The van der Waals surface area contributed by atoms with E-state index in [1.807, 2.05) is 36.4 Å². The molecule has 7 heteroatoms. The van der Waals surface area contributed by atoms with E-state index in [0.717, 1.165) is 29.7 Å². The molecule has 2 aromatic heterocycles. The molecule has 168 valence electrons. The molecule has 0 aliphatic carbocycles. The van der Waals surface area contributed by atoms with Gasteiger partial charge in [0.05, 0.1) is 0 Å². The minimum Gasteiger partial charge on any atom is -0.451 e. The van der Waals surface area contributed by atoms with Crippen molar-refractivity contribution in [2.75, 3.05) is 23.3 Å². The standard InChI is InChI=1S/C26H26N4O2S/c31-25(29-19-10-12-20(13-11-19)30-16-5-1-2-6-17-30)24-22(18-33-26-27-14-7-15-28-26)21-8-3-4-9-23(21)32-24/h3-4,7-15H,1-2,5-6,16-18H2,(H,29,31). The number of rotatable bonds is 6. The van der Waals surface area contributed by atoms with E-state index in [1.54, 1.807) is 18.5 Å². The highest BCUT2D eigenvalue weighted by Gasteiger charge is 2.21. The first-order chi connectivity index (χ1) is 16.3. The second kappa shape index (κ2) is 10.1. The molecule has 5 rings (SSSR count). The van der Waals surface area contributed by atoms with Gasteiger partial charge in [-0.05, 0) is 49.2 Å². The van der Waals surface area contributed by atoms with Crippen molar-refractivity contribution in [2.45, 2.75) is 36.6 Å². The Kier molecular flexibility index (Phi) is 6.58. The fourth-order valence-electron chi connectivity index (χ4n) is 4.19. The van der Waals surface area contributed by atoms with Crippen LogP contribution in [0.25, 0.3) is 11.0 Å². The molecule has 0 bridgehead atoms. The SMILES string of the molecule is O=C(Nc1ccc(N2CCCCCC2)cc1)c1oc2ccccc2c1CSc1ncccn1. The Morgan fingerprint density at radius 1 is 0.939 bits per heavy atom. The van der Waals surface area contributed by atoms with Gasteiger partial charge in [0.1, 0.15) is 5.58 Å². The van der Waals surface area contributed by atoms with E-state index in [4.69, 9.17) is 4.42 Å². The third kappa shape index (κ3) is 5.03. The van der Waals surface area contributed by atoms with Crippen molar-refractivity contribution in [1.82, 2.24) is 9.97 Å². The Balaban J connectivity index is 1.34. The highest BCUT2D eigenvalue weighted by Crippen LogP contribution is 2.31. The van der Waals surface area contributed by atoms with Crippen molar-refractivity contribution in [3.8, 4) is 0 Å². The van der Waals surface area contributed by atoms with Crippen LogP contribution in [0.4, 0.5) is 11.4 Å². The first-order valence-electron chi connectivity index (χ1n) is 11.3. The van der Waals surface area contributed by atoms with Crippen molar-refractivity contribution in [1.29, 1.82) is 0 Å². The van der Waals surface area contributed by atoms with Crippen LogP contribution in [0.5, 0.6) is 0 Å². The molecule has 6 nitrogen and oxygen atoms in total. The molecule has 1 fully saturated rings. The van der Waals surface area contributed by atoms with E-state index in [9.17, 15) is 4.79 Å². The average molecular weight is 459 g/mol. The number of hydrogen-bond donors (Lipinski definition) is 1. The molecule has 3 heterocycles. The first kappa shape index (κ1) is 21.5. The van der Waals surface area contributed by atoms with Crippen LogP contribution in [0.1, 0.15) is 41.8 Å². The van der Waals surface area contributed by atoms with Crippen LogP contribution in [0.2, 0.25) is 0 Å². The molecule has 0 saturated carbocycles. The lowest BCUT2D eigenvalue weighted by Gasteiger charge is -2.22. The normalized spacial score (nSPS) is 14.2. The molecule has 0 atom stereocenters. The predicted molar refractivity (Wildman–Crippen MR) is 133 cm³/mol. The van der Waals surface area contributed by atoms with Crippen molar-refractivity contribution >= 4 is 40.0 Å². The van der Waals surface area contributed by atoms with Crippen molar-refractivity contribution in [3.05, 3.63) is 78.3 Å². The summed E-state index contributed by atoms with van der Waals surface area (Å²) in [5, 5.41) is 4.61. The van der Waals surface area contributed by atoms with E-state index in [2.05, 4.69) is 32.3 Å². The third-order valence-corrected chi connectivity index (χ3v) is 6.79. The number of benzene rings is 2. The highest BCUT2D eigenvalue weighted by atomic mass is 32.2. The molecular formula is C26H26N4O2S. The molecule has 1 N–H and O–H groups in total. The molecule has 2 aromatic carbocycles. The number of thioether (sulfide) groups is 1. The quantitative estimate of drug-likeness (QED) is 0.276. The van der Waals surface area contributed by atoms with Gasteiger partial charge in [-0.25, -0.2) is 9.97 Å². The number of amides is 1. The summed E-state index contributed by atoms with van der Waals surface area (Å²) < 4.78 is 5.98. The van der Waals surface area contributed by atoms with Gasteiger partial charge >= 0.3 is 0 Å². The number of para-hydroxylation sites is 1. The molecule has 4 aromatic rings.